The molecule has 2 rings (SSSR count). The molecule has 1 aromatic heterocycles. The fourth-order valence-electron chi connectivity index (χ4n) is 2.36. The normalized spacial score (nSPS) is 11.1. The molecule has 0 saturated carbocycles. The number of likely N-dealkylation sites (N-methyl/N-ethyl adjacent to an activating group) is 1. The number of carbonyl (C=O) groups excluding carboxylic acids is 1. The third-order valence-corrected chi connectivity index (χ3v) is 3.66. The molecular weight excluding hydrogens is 276 g/mol. The Kier molecular flexibility index (Phi) is 5.44. The average molecular weight is 301 g/mol. The van der Waals surface area contributed by atoms with E-state index in [1.807, 2.05) is 18.2 Å². The van der Waals surface area contributed by atoms with E-state index in [0.717, 1.165) is 41.8 Å². The lowest BCUT2D eigenvalue weighted by molar-refractivity contribution is -0.856. The van der Waals surface area contributed by atoms with Gasteiger partial charge in [-0.15, -0.1) is 0 Å². The van der Waals surface area contributed by atoms with E-state index in [1.165, 1.54) is 4.90 Å². The molecule has 0 atom stereocenters. The van der Waals surface area contributed by atoms with Crippen LogP contribution in [0.2, 0.25) is 0 Å². The zero-order valence-corrected chi connectivity index (χ0v) is 13.9. The maximum absolute atomic E-state index is 12.2. The fourth-order valence-corrected chi connectivity index (χ4v) is 2.36. The number of quaternary nitrogens is 1. The quantitative estimate of drug-likeness (QED) is 0.823. The minimum atomic E-state index is -0.0532. The van der Waals surface area contributed by atoms with Gasteiger partial charge in [-0.2, -0.15) is 0 Å². The number of hydrogen-bond donors (Lipinski definition) is 2. The summed E-state index contributed by atoms with van der Waals surface area (Å²) in [4.78, 5) is 22.8. The van der Waals surface area contributed by atoms with Crippen LogP contribution in [0.1, 0.15) is 35.6 Å². The molecule has 1 heterocycles. The van der Waals surface area contributed by atoms with Gasteiger partial charge < -0.3 is 10.2 Å². The molecule has 0 unspecified atom stereocenters. The summed E-state index contributed by atoms with van der Waals surface area (Å²) in [7, 11) is 4.13. The summed E-state index contributed by atoms with van der Waals surface area (Å²) in [5, 5.41) is 2.94. The number of carbonyl (C=O) groups is 1. The Morgan fingerprint density at radius 3 is 2.32 bits per heavy atom. The van der Waals surface area contributed by atoms with Gasteiger partial charge in [0.05, 0.1) is 49.6 Å². The predicted octanol–water partition coefficient (Wildman–Crippen LogP) is 0.629. The van der Waals surface area contributed by atoms with Gasteiger partial charge in [-0.05, 0) is 31.0 Å². The zero-order valence-electron chi connectivity index (χ0n) is 13.9. The van der Waals surface area contributed by atoms with Gasteiger partial charge in [0, 0.05) is 5.56 Å². The molecule has 0 fully saturated rings. The van der Waals surface area contributed by atoms with Gasteiger partial charge in [-0.25, -0.2) is 9.97 Å². The number of nitrogens with one attached hydrogen (secondary N) is 2. The van der Waals surface area contributed by atoms with Crippen molar-refractivity contribution in [3.05, 3.63) is 35.2 Å². The number of rotatable bonds is 6. The maximum Gasteiger partial charge on any atom is 0.251 e. The molecule has 1 aromatic carbocycles. The Labute approximate surface area is 131 Å². The summed E-state index contributed by atoms with van der Waals surface area (Å²) in [5.41, 5.74) is 4.34. The van der Waals surface area contributed by atoms with E-state index in [2.05, 4.69) is 43.2 Å². The molecule has 0 aliphatic rings. The van der Waals surface area contributed by atoms with Gasteiger partial charge in [-0.3, -0.25) is 4.79 Å². The highest BCUT2D eigenvalue weighted by molar-refractivity contribution is 5.97. The topological polar surface area (TPSA) is 59.3 Å². The SMILES string of the molecule is CCc1nc2ccc(C(=O)NCC[NH+](C)C)cc2nc1CC. The predicted molar refractivity (Wildman–Crippen MR) is 88.3 cm³/mol. The second-order valence-corrected chi connectivity index (χ2v) is 5.74. The van der Waals surface area contributed by atoms with Crippen LogP contribution in [0.25, 0.3) is 11.0 Å². The van der Waals surface area contributed by atoms with Crippen LogP contribution in [0.15, 0.2) is 18.2 Å². The minimum absolute atomic E-state index is 0.0532. The van der Waals surface area contributed by atoms with Gasteiger partial charge >= 0.3 is 0 Å². The molecule has 0 saturated heterocycles. The lowest BCUT2D eigenvalue weighted by Gasteiger charge is -2.10. The van der Waals surface area contributed by atoms with Crippen molar-refractivity contribution in [1.82, 2.24) is 15.3 Å². The van der Waals surface area contributed by atoms with Crippen LogP contribution in [-0.2, 0) is 12.8 Å². The van der Waals surface area contributed by atoms with Crippen molar-refractivity contribution in [2.24, 2.45) is 0 Å². The molecule has 2 N–H and O–H groups in total. The summed E-state index contributed by atoms with van der Waals surface area (Å²) in [5.74, 6) is -0.0532. The Morgan fingerprint density at radius 1 is 1.09 bits per heavy atom. The Balaban J connectivity index is 2.24. The maximum atomic E-state index is 12.2. The van der Waals surface area contributed by atoms with E-state index < -0.39 is 0 Å². The van der Waals surface area contributed by atoms with E-state index in [1.54, 1.807) is 0 Å². The molecule has 2 aromatic rings. The second kappa shape index (κ2) is 7.31. The number of fused-ring (bicyclic) bond motifs is 1. The highest BCUT2D eigenvalue weighted by Gasteiger charge is 2.10. The first kappa shape index (κ1) is 16.4. The number of hydrogen-bond acceptors (Lipinski definition) is 3. The Bertz CT molecular complexity index is 667. The summed E-state index contributed by atoms with van der Waals surface area (Å²) in [6, 6.07) is 5.53. The monoisotopic (exact) mass is 301 g/mol. The number of aryl methyl sites for hydroxylation is 2. The van der Waals surface area contributed by atoms with E-state index in [-0.39, 0.29) is 5.91 Å². The second-order valence-electron chi connectivity index (χ2n) is 5.74. The molecule has 118 valence electrons. The average Bonchev–Trinajstić information content (AvgIpc) is 2.52. The first-order valence-electron chi connectivity index (χ1n) is 7.92. The van der Waals surface area contributed by atoms with Gasteiger partial charge in [-0.1, -0.05) is 13.8 Å². The van der Waals surface area contributed by atoms with Crippen LogP contribution in [0.5, 0.6) is 0 Å². The smallest absolute Gasteiger partial charge is 0.251 e. The van der Waals surface area contributed by atoms with Crippen LogP contribution in [0.4, 0.5) is 0 Å². The lowest BCUT2D eigenvalue weighted by Crippen LogP contribution is -3.06. The molecule has 0 aliphatic carbocycles. The van der Waals surface area contributed by atoms with Crippen LogP contribution < -0.4 is 10.2 Å². The highest BCUT2D eigenvalue weighted by atomic mass is 16.1. The first-order chi connectivity index (χ1) is 10.5. The summed E-state index contributed by atoms with van der Waals surface area (Å²) >= 11 is 0. The summed E-state index contributed by atoms with van der Waals surface area (Å²) in [6.07, 6.45) is 1.73. The molecule has 0 radical (unpaired) electrons. The first-order valence-corrected chi connectivity index (χ1v) is 7.92. The molecule has 1 amide bonds. The van der Waals surface area contributed by atoms with Crippen molar-refractivity contribution in [3.8, 4) is 0 Å². The third kappa shape index (κ3) is 3.80. The van der Waals surface area contributed by atoms with Gasteiger partial charge in [0.25, 0.3) is 5.91 Å². The van der Waals surface area contributed by atoms with Crippen LogP contribution >= 0.6 is 0 Å². The summed E-state index contributed by atoms with van der Waals surface area (Å²) < 4.78 is 0. The number of nitrogens with zero attached hydrogens (tertiary/aromatic N) is 2. The van der Waals surface area contributed by atoms with Crippen LogP contribution in [0.3, 0.4) is 0 Å². The van der Waals surface area contributed by atoms with Crippen LogP contribution in [0, 0.1) is 0 Å². The van der Waals surface area contributed by atoms with Crippen molar-refractivity contribution >= 4 is 16.9 Å². The number of amides is 1. The van der Waals surface area contributed by atoms with Crippen LogP contribution in [-0.4, -0.2) is 43.1 Å². The fraction of sp³-hybridized carbons (Fsp3) is 0.471. The number of aromatic nitrogens is 2. The molecule has 0 bridgehead atoms. The molecule has 22 heavy (non-hydrogen) atoms. The zero-order chi connectivity index (χ0) is 16.1. The molecular formula is C17H25N4O+. The van der Waals surface area contributed by atoms with Gasteiger partial charge in [0.15, 0.2) is 0 Å². The van der Waals surface area contributed by atoms with E-state index in [0.29, 0.717) is 12.1 Å². The van der Waals surface area contributed by atoms with Crippen molar-refractivity contribution in [1.29, 1.82) is 0 Å². The van der Waals surface area contributed by atoms with Gasteiger partial charge in [0.1, 0.15) is 0 Å². The third-order valence-electron chi connectivity index (χ3n) is 3.66. The van der Waals surface area contributed by atoms with Crippen molar-refractivity contribution < 1.29 is 9.69 Å². The lowest BCUT2D eigenvalue weighted by atomic mass is 10.1. The summed E-state index contributed by atoms with van der Waals surface area (Å²) in [6.45, 7) is 5.73. The van der Waals surface area contributed by atoms with Crippen molar-refractivity contribution in [3.63, 3.8) is 0 Å². The standard InChI is InChI=1S/C17H24N4O/c1-5-13-14(6-2)20-16-11-12(7-8-15(16)19-13)17(22)18-9-10-21(3)4/h7-8,11H,5-6,9-10H2,1-4H3,(H,18,22)/p+1. The molecule has 0 spiro atoms. The number of benzene rings is 1. The Morgan fingerprint density at radius 2 is 1.73 bits per heavy atom. The van der Waals surface area contributed by atoms with Crippen molar-refractivity contribution in [2.45, 2.75) is 26.7 Å². The molecule has 5 heteroatoms. The van der Waals surface area contributed by atoms with Gasteiger partial charge in [0.2, 0.25) is 0 Å². The highest BCUT2D eigenvalue weighted by Crippen LogP contribution is 2.16. The van der Waals surface area contributed by atoms with E-state index in [9.17, 15) is 4.79 Å². The van der Waals surface area contributed by atoms with E-state index in [4.69, 9.17) is 0 Å². The molecule has 5 nitrogen and oxygen atoms in total. The van der Waals surface area contributed by atoms with E-state index >= 15 is 0 Å². The largest absolute Gasteiger partial charge is 0.346 e. The minimum Gasteiger partial charge on any atom is -0.346 e. The molecule has 0 aliphatic heterocycles. The van der Waals surface area contributed by atoms with Crippen molar-refractivity contribution in [2.75, 3.05) is 27.2 Å². The Hall–Kier alpha value is -2.01.